The number of pyridine rings is 1. The molecule has 0 spiro atoms. The number of nitrogens with zero attached hydrogens (tertiary/aromatic N) is 2. The lowest BCUT2D eigenvalue weighted by Gasteiger charge is -2.21. The molecule has 0 radical (unpaired) electrons. The van der Waals surface area contributed by atoms with E-state index in [2.05, 4.69) is 10.5 Å². The van der Waals surface area contributed by atoms with E-state index >= 15 is 0 Å². The van der Waals surface area contributed by atoms with E-state index in [1.807, 2.05) is 43.3 Å². The van der Waals surface area contributed by atoms with E-state index in [-0.39, 0.29) is 17.3 Å². The first-order valence-electron chi connectivity index (χ1n) is 12.5. The molecule has 8 nitrogen and oxygen atoms in total. The number of nitrogens with one attached hydrogen (secondary N) is 1. The van der Waals surface area contributed by atoms with Crippen LogP contribution in [-0.4, -0.2) is 32.5 Å². The molecule has 204 valence electrons. The molecule has 3 aromatic carbocycles. The van der Waals surface area contributed by atoms with Crippen LogP contribution in [0.25, 0.3) is 11.1 Å². The van der Waals surface area contributed by atoms with Crippen LogP contribution in [0.5, 0.6) is 0 Å². The highest BCUT2D eigenvalue weighted by Gasteiger charge is 2.21. The fourth-order valence-corrected chi connectivity index (χ4v) is 4.61. The van der Waals surface area contributed by atoms with Gasteiger partial charge in [-0.05, 0) is 65.1 Å². The average molecular weight is 542 g/mol. The van der Waals surface area contributed by atoms with E-state index < -0.39 is 18.3 Å². The number of carbonyl (C=O) groups excluding carboxylic acids is 1. The number of hydrogen-bond acceptors (Lipinski definition) is 5. The number of amides is 1. The Morgan fingerprint density at radius 3 is 2.20 bits per heavy atom. The molecule has 1 aromatic heterocycles. The van der Waals surface area contributed by atoms with Crippen molar-refractivity contribution in [2.45, 2.75) is 25.7 Å². The molecular weight excluding hydrogens is 513 g/mol. The number of rotatable bonds is 9. The maximum Gasteiger partial charge on any atom is 0.312 e. The molecule has 0 fully saturated rings. The number of hydrogen-bond donors (Lipinski definition) is 3. The quantitative estimate of drug-likeness (QED) is 0.115. The molecule has 3 N–H and O–H groups in total. The van der Waals surface area contributed by atoms with Crippen molar-refractivity contribution in [1.29, 1.82) is 0 Å². The number of carbonyl (C=O) groups is 2. The molecule has 1 atom stereocenters. The smallest absolute Gasteiger partial charge is 0.312 e. The number of anilines is 1. The van der Waals surface area contributed by atoms with Crippen LogP contribution < -0.4 is 10.9 Å². The molecule has 1 heterocycles. The van der Waals surface area contributed by atoms with Gasteiger partial charge < -0.3 is 20.2 Å². The van der Waals surface area contributed by atoms with Crippen molar-refractivity contribution in [3.05, 3.63) is 123 Å². The minimum Gasteiger partial charge on any atom is -0.481 e. The van der Waals surface area contributed by atoms with Gasteiger partial charge >= 0.3 is 5.97 Å². The molecule has 9 heteroatoms. The summed E-state index contributed by atoms with van der Waals surface area (Å²) in [5, 5.41) is 24.7. The van der Waals surface area contributed by atoms with Gasteiger partial charge in [0.15, 0.2) is 0 Å². The topological polar surface area (TPSA) is 121 Å². The van der Waals surface area contributed by atoms with E-state index in [0.29, 0.717) is 23.4 Å². The van der Waals surface area contributed by atoms with Gasteiger partial charge in [0, 0.05) is 42.9 Å². The van der Waals surface area contributed by atoms with Gasteiger partial charge in [0.05, 0.1) is 5.71 Å². The zero-order valence-electron chi connectivity index (χ0n) is 22.0. The maximum atomic E-state index is 13.9. The largest absolute Gasteiger partial charge is 0.481 e. The third kappa shape index (κ3) is 6.68. The van der Waals surface area contributed by atoms with Crippen LogP contribution in [0.3, 0.4) is 0 Å². The van der Waals surface area contributed by atoms with Gasteiger partial charge in [-0.2, -0.15) is 0 Å². The van der Waals surface area contributed by atoms with Gasteiger partial charge in [-0.3, -0.25) is 14.4 Å². The lowest BCUT2D eigenvalue weighted by atomic mass is 9.83. The van der Waals surface area contributed by atoms with Crippen molar-refractivity contribution in [2.75, 3.05) is 5.32 Å². The van der Waals surface area contributed by atoms with E-state index in [1.54, 1.807) is 37.5 Å². The number of benzene rings is 3. The lowest BCUT2D eigenvalue weighted by Crippen LogP contribution is -2.18. The van der Waals surface area contributed by atoms with Gasteiger partial charge in [0.1, 0.15) is 12.2 Å². The fourth-order valence-electron chi connectivity index (χ4n) is 4.61. The Bertz CT molecular complexity index is 1630. The highest BCUT2D eigenvalue weighted by atomic mass is 19.1. The van der Waals surface area contributed by atoms with Crippen LogP contribution >= 0.6 is 0 Å². The predicted molar refractivity (Wildman–Crippen MR) is 150 cm³/mol. The van der Waals surface area contributed by atoms with Crippen molar-refractivity contribution in [3.8, 4) is 11.1 Å². The summed E-state index contributed by atoms with van der Waals surface area (Å²) in [6.07, 6.45) is 1.30. The lowest BCUT2D eigenvalue weighted by molar-refractivity contribution is -0.139. The van der Waals surface area contributed by atoms with Crippen LogP contribution in [0.15, 0.2) is 95.0 Å². The number of aliphatic carboxylic acids is 1. The number of carboxylic acid groups (broad SMARTS) is 1. The molecular formula is C31H28FN3O5. The van der Waals surface area contributed by atoms with E-state index in [4.69, 9.17) is 5.11 Å². The zero-order valence-corrected chi connectivity index (χ0v) is 22.0. The van der Waals surface area contributed by atoms with Crippen LogP contribution in [0, 0.1) is 12.7 Å². The number of aromatic nitrogens is 1. The first-order chi connectivity index (χ1) is 19.1. The number of carboxylic acids is 1. The summed E-state index contributed by atoms with van der Waals surface area (Å²) < 4.78 is 15.4. The Morgan fingerprint density at radius 1 is 0.975 bits per heavy atom. The molecule has 0 aliphatic rings. The van der Waals surface area contributed by atoms with Gasteiger partial charge in [0.25, 0.3) is 0 Å². The van der Waals surface area contributed by atoms with Crippen molar-refractivity contribution >= 4 is 23.3 Å². The van der Waals surface area contributed by atoms with Crippen molar-refractivity contribution in [2.24, 2.45) is 12.2 Å². The van der Waals surface area contributed by atoms with Gasteiger partial charge in [-0.25, -0.2) is 4.39 Å². The third-order valence-corrected chi connectivity index (χ3v) is 6.67. The summed E-state index contributed by atoms with van der Waals surface area (Å²) in [7, 11) is 1.62. The average Bonchev–Trinajstić information content (AvgIpc) is 2.92. The summed E-state index contributed by atoms with van der Waals surface area (Å²) in [5.41, 5.74) is 5.65. The highest BCUT2D eigenvalue weighted by Crippen LogP contribution is 2.34. The van der Waals surface area contributed by atoms with Crippen molar-refractivity contribution in [1.82, 2.24) is 4.57 Å². The zero-order chi connectivity index (χ0) is 28.8. The molecule has 0 bridgehead atoms. The van der Waals surface area contributed by atoms with Gasteiger partial charge in [-0.15, -0.1) is 0 Å². The number of oxime groups is 1. The minimum absolute atomic E-state index is 0.182. The van der Waals surface area contributed by atoms with E-state index in [9.17, 15) is 24.0 Å². The molecule has 1 amide bonds. The Labute approximate surface area is 230 Å². The second-order valence-corrected chi connectivity index (χ2v) is 9.49. The molecule has 0 aliphatic carbocycles. The minimum atomic E-state index is -1.20. The van der Waals surface area contributed by atoms with Crippen LogP contribution in [0.2, 0.25) is 0 Å². The molecule has 0 aliphatic heterocycles. The monoisotopic (exact) mass is 541 g/mol. The molecule has 0 saturated heterocycles. The third-order valence-electron chi connectivity index (χ3n) is 6.67. The first-order valence-corrected chi connectivity index (χ1v) is 12.5. The van der Waals surface area contributed by atoms with Crippen LogP contribution in [0.4, 0.5) is 10.1 Å². The summed E-state index contributed by atoms with van der Waals surface area (Å²) in [4.78, 5) is 34.3. The summed E-state index contributed by atoms with van der Waals surface area (Å²) in [5.74, 6) is -2.41. The standard InChI is InChI=1S/C31H28FN3O5/c1-19-15-24(32)10-13-26(19)27(16-28(34-40)23-9-14-30(37)35(2)18-23)22-5-3-20(4-6-22)21-7-11-25(12-8-21)33-29(36)17-31(38)39/h3-15,18,27,40H,16-17H2,1-2H3,(H,33,36)(H,38,39)/b34-28+. The summed E-state index contributed by atoms with van der Waals surface area (Å²) in [6.45, 7) is 1.83. The summed E-state index contributed by atoms with van der Waals surface area (Å²) in [6, 6.07) is 22.5. The normalized spacial score (nSPS) is 12.1. The number of aryl methyl sites for hydroxylation is 2. The fraction of sp³-hybridized carbons (Fsp3) is 0.161. The molecule has 1 unspecified atom stereocenters. The van der Waals surface area contributed by atoms with Crippen molar-refractivity contribution in [3.63, 3.8) is 0 Å². The molecule has 40 heavy (non-hydrogen) atoms. The highest BCUT2D eigenvalue weighted by molar-refractivity contribution is 6.01. The van der Waals surface area contributed by atoms with Gasteiger partial charge in [0.2, 0.25) is 11.5 Å². The Kier molecular flexibility index (Phi) is 8.54. The van der Waals surface area contributed by atoms with Crippen molar-refractivity contribution < 1.29 is 24.3 Å². The summed E-state index contributed by atoms with van der Waals surface area (Å²) >= 11 is 0. The molecule has 0 saturated carbocycles. The van der Waals surface area contributed by atoms with Crippen LogP contribution in [0.1, 0.15) is 41.0 Å². The first kappa shape index (κ1) is 28.0. The Balaban J connectivity index is 1.63. The molecule has 4 rings (SSSR count). The maximum absolute atomic E-state index is 13.9. The predicted octanol–water partition coefficient (Wildman–Crippen LogP) is 5.31. The SMILES string of the molecule is Cc1cc(F)ccc1C(C/C(=N\O)c1ccc(=O)n(C)c1)c1ccc(-c2ccc(NC(=O)CC(=O)O)cc2)cc1. The Morgan fingerprint density at radius 2 is 1.62 bits per heavy atom. The van der Waals surface area contributed by atoms with Gasteiger partial charge in [-0.1, -0.05) is 47.6 Å². The van der Waals surface area contributed by atoms with Crippen LogP contribution in [-0.2, 0) is 16.6 Å². The number of halogens is 1. The van der Waals surface area contributed by atoms with E-state index in [1.165, 1.54) is 22.8 Å². The Hall–Kier alpha value is -5.05. The molecule has 4 aromatic rings. The second kappa shape index (κ2) is 12.2. The van der Waals surface area contributed by atoms with E-state index in [0.717, 1.165) is 27.8 Å². The second-order valence-electron chi connectivity index (χ2n) is 9.49.